The Morgan fingerprint density at radius 2 is 1.15 bits per heavy atom. The molecule has 5 aliphatic rings. The van der Waals surface area contributed by atoms with E-state index in [1.54, 1.807) is 73.0 Å². The van der Waals surface area contributed by atoms with E-state index in [2.05, 4.69) is 26.5 Å². The second-order valence-electron chi connectivity index (χ2n) is 21.3. The van der Waals surface area contributed by atoms with Gasteiger partial charge in [0.15, 0.2) is 0 Å². The molecule has 25 heteroatoms. The maximum atomic E-state index is 13.1. The van der Waals surface area contributed by atoms with Crippen molar-refractivity contribution in [3.05, 3.63) is 119 Å². The van der Waals surface area contributed by atoms with Gasteiger partial charge < -0.3 is 45.0 Å². The van der Waals surface area contributed by atoms with E-state index < -0.39 is 55.4 Å². The van der Waals surface area contributed by atoms with E-state index in [4.69, 9.17) is 24.3 Å². The fourth-order valence-electron chi connectivity index (χ4n) is 9.22. The summed E-state index contributed by atoms with van der Waals surface area (Å²) in [5, 5.41) is 5.66. The predicted molar refractivity (Wildman–Crippen MR) is 294 cm³/mol. The number of esters is 1. The van der Waals surface area contributed by atoms with E-state index in [9.17, 15) is 50.4 Å². The summed E-state index contributed by atoms with van der Waals surface area (Å²) >= 11 is 0. The molecular weight excluding hydrogens is 1080 g/mol. The van der Waals surface area contributed by atoms with Gasteiger partial charge in [-0.2, -0.15) is 16.8 Å². The number of carbonyl (C=O) groups is 7. The molecule has 80 heavy (non-hydrogen) atoms. The Morgan fingerprint density at radius 1 is 0.662 bits per heavy atom. The van der Waals surface area contributed by atoms with Crippen LogP contribution in [0, 0.1) is 0 Å². The lowest BCUT2D eigenvalue weighted by Gasteiger charge is -2.36. The third-order valence-corrected chi connectivity index (χ3v) is 14.8. The molecule has 5 heterocycles. The molecule has 3 fully saturated rings. The average Bonchev–Trinajstić information content (AvgIpc) is 3.92. The normalized spacial score (nSPS) is 17.8. The van der Waals surface area contributed by atoms with Gasteiger partial charge >= 0.3 is 12.1 Å². The van der Waals surface area contributed by atoms with E-state index in [0.29, 0.717) is 50.3 Å². The minimum Gasteiger partial charge on any atom is -0.460 e. The van der Waals surface area contributed by atoms with E-state index in [0.717, 1.165) is 48.7 Å². The number of hydrogen-bond acceptors (Lipinski definition) is 16. The Bertz CT molecular complexity index is 3070. The Morgan fingerprint density at radius 3 is 1.61 bits per heavy atom. The minimum atomic E-state index is -4.00. The lowest BCUT2D eigenvalue weighted by atomic mass is 10.0. The molecule has 6 N–H and O–H groups in total. The van der Waals surface area contributed by atoms with Crippen LogP contribution < -0.4 is 26.2 Å². The van der Waals surface area contributed by atoms with Crippen molar-refractivity contribution in [2.24, 2.45) is 5.73 Å². The number of fused-ring (bicyclic) bond motifs is 2. The summed E-state index contributed by atoms with van der Waals surface area (Å²) in [6.45, 7) is 17.7. The largest absolute Gasteiger partial charge is 0.460 e. The molecule has 3 saturated heterocycles. The Balaban J connectivity index is 0.000000198. The molecule has 0 unspecified atom stereocenters. The zero-order valence-corrected chi connectivity index (χ0v) is 47.3. The Kier molecular flexibility index (Phi) is 20.2. The van der Waals surface area contributed by atoms with Crippen LogP contribution in [0.4, 0.5) is 16.2 Å². The summed E-state index contributed by atoms with van der Waals surface area (Å²) in [4.78, 5) is 94.8. The summed E-state index contributed by atoms with van der Waals surface area (Å²) < 4.78 is 69.3. The highest BCUT2D eigenvalue weighted by Gasteiger charge is 2.40. The van der Waals surface area contributed by atoms with Crippen LogP contribution >= 0.6 is 0 Å². The van der Waals surface area contributed by atoms with E-state index in [-0.39, 0.29) is 65.3 Å². The molecule has 9 rings (SSSR count). The van der Waals surface area contributed by atoms with Crippen molar-refractivity contribution in [1.82, 2.24) is 25.3 Å². The van der Waals surface area contributed by atoms with Crippen molar-refractivity contribution in [1.29, 1.82) is 0 Å². The zero-order valence-electron chi connectivity index (χ0n) is 45.6. The van der Waals surface area contributed by atoms with E-state index in [1.165, 1.54) is 29.2 Å². The van der Waals surface area contributed by atoms with Crippen molar-refractivity contribution in [3.8, 4) is 0 Å². The van der Waals surface area contributed by atoms with Crippen LogP contribution in [-0.2, 0) is 62.0 Å². The first-order valence-corrected chi connectivity index (χ1v) is 28.8. The van der Waals surface area contributed by atoms with Gasteiger partial charge in [-0.25, -0.2) is 4.79 Å². The molecule has 2 atom stereocenters. The third-order valence-electron chi connectivity index (χ3n) is 13.0. The molecule has 0 radical (unpaired) electrons. The van der Waals surface area contributed by atoms with Gasteiger partial charge in [0.25, 0.3) is 32.1 Å². The summed E-state index contributed by atoms with van der Waals surface area (Å²) in [6, 6.07) is 24.9. The summed E-state index contributed by atoms with van der Waals surface area (Å²) in [6.07, 6.45) is 0.445. The smallest absolute Gasteiger partial charge is 0.410 e. The van der Waals surface area contributed by atoms with Gasteiger partial charge in [0.2, 0.25) is 17.7 Å². The van der Waals surface area contributed by atoms with Crippen molar-refractivity contribution >= 4 is 73.2 Å². The number of benzene rings is 4. The fraction of sp³-hybridized carbons (Fsp3) is 0.436. The number of carbonyl (C=O) groups excluding carboxylic acids is 7. The summed E-state index contributed by atoms with van der Waals surface area (Å²) in [5.41, 5.74) is 9.45. The van der Waals surface area contributed by atoms with Gasteiger partial charge in [-0.1, -0.05) is 36.4 Å². The first-order chi connectivity index (χ1) is 37.5. The van der Waals surface area contributed by atoms with Crippen molar-refractivity contribution < 1.29 is 69.0 Å². The molecule has 0 aliphatic carbocycles. The van der Waals surface area contributed by atoms with Gasteiger partial charge in [0.05, 0.1) is 9.79 Å². The standard InChI is InChI=1S/C26H38N4O6.C17H20N4O3.2C6H6O3S/c1-25(2,3)35-21(31)10-9-20(22(27)32)30-16-17-15-18(7-8-19(17)23(30)33)28-11-13-29(14-12-28)24(34)36-26(4,5)6;22-15-4-3-14(16(23)19-15)21-10-11-9-12(1-2-13(11)17(21)24)20-7-5-18-6-8-20;2*7-10(8,9)6-4-2-1-3-5-6/h7-8,15,20H,9-14,16H2,1-6H3,(H2,27,32);1-2,9,14,18H,3-8,10H2,(H,19,22,23);2*1-5H,(H,7,8,9)/t20-;14-;;/m00../s1. The number of piperazine rings is 2. The minimum absolute atomic E-state index is 0.0157. The third kappa shape index (κ3) is 17.3. The highest BCUT2D eigenvalue weighted by Crippen LogP contribution is 2.32. The molecule has 4 aromatic rings. The van der Waals surface area contributed by atoms with Crippen LogP contribution in [0.2, 0.25) is 0 Å². The van der Waals surface area contributed by atoms with Crippen molar-refractivity contribution in [2.45, 2.75) is 113 Å². The molecule has 4 aromatic carbocycles. The monoisotopic (exact) mass is 1150 g/mol. The second-order valence-corrected chi connectivity index (χ2v) is 24.2. The van der Waals surface area contributed by atoms with Crippen LogP contribution in [0.3, 0.4) is 0 Å². The number of nitrogens with one attached hydrogen (secondary N) is 2. The molecule has 5 aliphatic heterocycles. The average molecular weight is 1150 g/mol. The SMILES string of the molecule is CC(C)(C)OC(=O)CC[C@@H](C(N)=O)N1Cc2cc(N3CCN(C(=O)OC(C)(C)C)CC3)ccc2C1=O.O=C1CC[C@H](N2Cc3cc(N4CCNCC4)ccc3C2=O)C(=O)N1.O=S(=O)(O)c1ccccc1.O=S(=O)(O)c1ccccc1. The molecule has 432 valence electrons. The van der Waals surface area contributed by atoms with Gasteiger partial charge in [-0.15, -0.1) is 0 Å². The first-order valence-electron chi connectivity index (χ1n) is 26.0. The molecule has 0 spiro atoms. The first kappa shape index (κ1) is 61.8. The highest BCUT2D eigenvalue weighted by molar-refractivity contribution is 7.86. The summed E-state index contributed by atoms with van der Waals surface area (Å²) in [5.74, 6) is -2.12. The topological polar surface area (TPSA) is 313 Å². The number of nitrogens with zero attached hydrogens (tertiary/aromatic N) is 5. The molecule has 0 aromatic heterocycles. The number of nitrogens with two attached hydrogens (primary N) is 1. The Labute approximate surface area is 466 Å². The number of imide groups is 1. The van der Waals surface area contributed by atoms with Gasteiger partial charge in [0, 0.05) is 101 Å². The lowest BCUT2D eigenvalue weighted by Crippen LogP contribution is -2.52. The molecular formula is C55H70N8O15S2. The van der Waals surface area contributed by atoms with Gasteiger partial charge in [-0.3, -0.25) is 43.2 Å². The fourth-order valence-corrected chi connectivity index (χ4v) is 10.2. The highest BCUT2D eigenvalue weighted by atomic mass is 32.2. The molecule has 0 saturated carbocycles. The molecule has 6 amide bonds. The van der Waals surface area contributed by atoms with Crippen LogP contribution in [0.1, 0.15) is 99.1 Å². The maximum absolute atomic E-state index is 13.1. The number of primary amides is 1. The second kappa shape index (κ2) is 26.2. The maximum Gasteiger partial charge on any atom is 0.410 e. The number of piperidine rings is 1. The number of anilines is 2. The zero-order chi connectivity index (χ0) is 58.7. The Hall–Kier alpha value is -7.45. The number of rotatable bonds is 10. The summed E-state index contributed by atoms with van der Waals surface area (Å²) in [7, 11) is -8.01. The van der Waals surface area contributed by atoms with Crippen molar-refractivity contribution in [2.75, 3.05) is 62.2 Å². The van der Waals surface area contributed by atoms with Crippen LogP contribution in [0.15, 0.2) is 107 Å². The van der Waals surface area contributed by atoms with Crippen LogP contribution in [0.5, 0.6) is 0 Å². The molecule has 0 bridgehead atoms. The van der Waals surface area contributed by atoms with E-state index >= 15 is 0 Å². The molecule has 23 nitrogen and oxygen atoms in total. The van der Waals surface area contributed by atoms with Gasteiger partial charge in [-0.05, 0) is 126 Å². The predicted octanol–water partition coefficient (Wildman–Crippen LogP) is 4.40. The van der Waals surface area contributed by atoms with Crippen LogP contribution in [0.25, 0.3) is 0 Å². The lowest BCUT2D eigenvalue weighted by molar-refractivity contribution is -0.155. The number of ether oxygens (including phenoxy) is 2. The van der Waals surface area contributed by atoms with Gasteiger partial charge in [0.1, 0.15) is 23.3 Å². The number of hydrogen-bond donors (Lipinski definition) is 5. The van der Waals surface area contributed by atoms with Crippen LogP contribution in [-0.4, -0.2) is 158 Å². The van der Waals surface area contributed by atoms with E-state index in [1.807, 2.05) is 45.0 Å². The number of amides is 6. The quantitative estimate of drug-likeness (QED) is 0.0835. The van der Waals surface area contributed by atoms with Crippen molar-refractivity contribution in [3.63, 3.8) is 0 Å².